The van der Waals surface area contributed by atoms with Crippen molar-refractivity contribution in [2.75, 3.05) is 19.7 Å². The summed E-state index contributed by atoms with van der Waals surface area (Å²) in [6.07, 6.45) is 1.76. The van der Waals surface area contributed by atoms with E-state index in [-0.39, 0.29) is 11.7 Å². The van der Waals surface area contributed by atoms with Crippen LogP contribution in [0.1, 0.15) is 16.9 Å². The van der Waals surface area contributed by atoms with Crippen LogP contribution in [0.25, 0.3) is 10.9 Å². The lowest BCUT2D eigenvalue weighted by atomic mass is 10.2. The minimum atomic E-state index is -0.165. The molecule has 3 aromatic rings. The molecule has 2 aromatic heterocycles. The van der Waals surface area contributed by atoms with Gasteiger partial charge in [0.05, 0.1) is 24.1 Å². The molecule has 0 aliphatic carbocycles. The summed E-state index contributed by atoms with van der Waals surface area (Å²) >= 11 is 7.54. The molecule has 1 atom stereocenters. The van der Waals surface area contributed by atoms with Crippen molar-refractivity contribution >= 4 is 33.8 Å². The quantitative estimate of drug-likeness (QED) is 0.775. The van der Waals surface area contributed by atoms with Crippen molar-refractivity contribution in [3.05, 3.63) is 56.0 Å². The van der Waals surface area contributed by atoms with Crippen LogP contribution in [0, 0.1) is 0 Å². The molecule has 3 heterocycles. The number of H-pyrrole nitrogens is 1. The Labute approximate surface area is 147 Å². The number of halogens is 1. The molecule has 0 saturated carbocycles. The first-order valence-corrected chi connectivity index (χ1v) is 8.86. The second-order valence-corrected chi connectivity index (χ2v) is 7.00. The summed E-state index contributed by atoms with van der Waals surface area (Å²) in [5.74, 6) is 0.648. The smallest absolute Gasteiger partial charge is 0.258 e. The molecule has 1 saturated heterocycles. The third kappa shape index (κ3) is 3.21. The first-order chi connectivity index (χ1) is 11.7. The number of nitrogens with zero attached hydrogens (tertiary/aromatic N) is 3. The molecule has 4 rings (SSSR count). The Kier molecular flexibility index (Phi) is 4.32. The SMILES string of the molecule is O=c1[nH]c(CN2CCO[C@@H](c3nccs3)C2)nc2ccc(Cl)cc12. The molecule has 0 bridgehead atoms. The Morgan fingerprint density at radius 3 is 3.21 bits per heavy atom. The van der Waals surface area contributed by atoms with Crippen molar-refractivity contribution < 1.29 is 4.74 Å². The van der Waals surface area contributed by atoms with Crippen LogP contribution in [-0.2, 0) is 11.3 Å². The minimum Gasteiger partial charge on any atom is -0.368 e. The Morgan fingerprint density at radius 1 is 1.46 bits per heavy atom. The van der Waals surface area contributed by atoms with Gasteiger partial charge >= 0.3 is 0 Å². The highest BCUT2D eigenvalue weighted by Crippen LogP contribution is 2.24. The van der Waals surface area contributed by atoms with Crippen LogP contribution in [0.3, 0.4) is 0 Å². The maximum absolute atomic E-state index is 12.2. The van der Waals surface area contributed by atoms with Crippen LogP contribution >= 0.6 is 22.9 Å². The van der Waals surface area contributed by atoms with Crippen molar-refractivity contribution in [3.8, 4) is 0 Å². The summed E-state index contributed by atoms with van der Waals surface area (Å²) in [4.78, 5) is 26.2. The van der Waals surface area contributed by atoms with Gasteiger partial charge in [0.2, 0.25) is 0 Å². The number of aromatic nitrogens is 3. The molecule has 1 fully saturated rings. The van der Waals surface area contributed by atoms with Crippen LogP contribution in [-0.4, -0.2) is 39.5 Å². The van der Waals surface area contributed by atoms with Gasteiger partial charge in [0, 0.05) is 29.7 Å². The number of hydrogen-bond acceptors (Lipinski definition) is 6. The van der Waals surface area contributed by atoms with Gasteiger partial charge in [-0.25, -0.2) is 9.97 Å². The molecule has 24 heavy (non-hydrogen) atoms. The van der Waals surface area contributed by atoms with Gasteiger partial charge in [0.25, 0.3) is 5.56 Å². The number of hydrogen-bond donors (Lipinski definition) is 1. The molecule has 0 spiro atoms. The fourth-order valence-electron chi connectivity index (χ4n) is 2.84. The highest BCUT2D eigenvalue weighted by atomic mass is 35.5. The van der Waals surface area contributed by atoms with E-state index in [9.17, 15) is 4.79 Å². The molecule has 6 nitrogen and oxygen atoms in total. The molecule has 0 amide bonds. The summed E-state index contributed by atoms with van der Waals surface area (Å²) in [6.45, 7) is 2.73. The molecule has 1 aliphatic rings. The zero-order valence-corrected chi connectivity index (χ0v) is 14.3. The van der Waals surface area contributed by atoms with Gasteiger partial charge in [-0.1, -0.05) is 11.6 Å². The van der Waals surface area contributed by atoms with Crippen molar-refractivity contribution in [2.45, 2.75) is 12.6 Å². The highest BCUT2D eigenvalue weighted by molar-refractivity contribution is 7.09. The molecule has 0 radical (unpaired) electrons. The molecule has 0 unspecified atom stereocenters. The van der Waals surface area contributed by atoms with E-state index in [2.05, 4.69) is 19.9 Å². The third-order valence-corrected chi connectivity index (χ3v) is 5.07. The predicted octanol–water partition coefficient (Wildman–Crippen LogP) is 2.61. The molecular formula is C16H15ClN4O2S. The molecule has 8 heteroatoms. The van der Waals surface area contributed by atoms with E-state index in [1.165, 1.54) is 0 Å². The van der Waals surface area contributed by atoms with Crippen molar-refractivity contribution in [3.63, 3.8) is 0 Å². The van der Waals surface area contributed by atoms with Crippen LogP contribution in [0.2, 0.25) is 5.02 Å². The first-order valence-electron chi connectivity index (χ1n) is 7.61. The number of morpholine rings is 1. The van der Waals surface area contributed by atoms with Crippen LogP contribution < -0.4 is 5.56 Å². The lowest BCUT2D eigenvalue weighted by Gasteiger charge is -2.31. The number of benzene rings is 1. The normalized spacial score (nSPS) is 19.0. The maximum Gasteiger partial charge on any atom is 0.258 e. The van der Waals surface area contributed by atoms with Crippen LogP contribution in [0.15, 0.2) is 34.6 Å². The Hall–Kier alpha value is -1.80. The topological polar surface area (TPSA) is 71.1 Å². The van der Waals surface area contributed by atoms with Gasteiger partial charge in [-0.3, -0.25) is 9.69 Å². The van der Waals surface area contributed by atoms with E-state index < -0.39 is 0 Å². The standard InChI is InChI=1S/C16H15ClN4O2S/c17-10-1-2-12-11(7-10)15(22)20-14(19-12)9-21-4-5-23-13(8-21)16-18-3-6-24-16/h1-3,6-7,13H,4-5,8-9H2,(H,19,20,22)/t13-/m1/s1. The molecule has 1 aromatic carbocycles. The van der Waals surface area contributed by atoms with E-state index >= 15 is 0 Å². The number of fused-ring (bicyclic) bond motifs is 1. The summed E-state index contributed by atoms with van der Waals surface area (Å²) in [7, 11) is 0. The number of thiazole rings is 1. The van der Waals surface area contributed by atoms with E-state index in [1.54, 1.807) is 35.7 Å². The first kappa shape index (κ1) is 15.7. The van der Waals surface area contributed by atoms with Crippen molar-refractivity contribution in [2.24, 2.45) is 0 Å². The fraction of sp³-hybridized carbons (Fsp3) is 0.312. The fourth-order valence-corrected chi connectivity index (χ4v) is 3.68. The molecule has 1 aliphatic heterocycles. The maximum atomic E-state index is 12.2. The average molecular weight is 363 g/mol. The number of rotatable bonds is 3. The third-order valence-electron chi connectivity index (χ3n) is 3.97. The lowest BCUT2D eigenvalue weighted by molar-refractivity contribution is -0.0337. The van der Waals surface area contributed by atoms with Gasteiger partial charge in [0.1, 0.15) is 16.9 Å². The van der Waals surface area contributed by atoms with E-state index in [0.717, 1.165) is 18.1 Å². The van der Waals surface area contributed by atoms with E-state index in [4.69, 9.17) is 16.3 Å². The number of ether oxygens (including phenoxy) is 1. The van der Waals surface area contributed by atoms with Gasteiger partial charge < -0.3 is 9.72 Å². The van der Waals surface area contributed by atoms with Gasteiger partial charge in [-0.15, -0.1) is 11.3 Å². The number of nitrogens with one attached hydrogen (secondary N) is 1. The summed E-state index contributed by atoms with van der Waals surface area (Å²) < 4.78 is 5.80. The summed E-state index contributed by atoms with van der Waals surface area (Å²) in [5, 5.41) is 3.97. The predicted molar refractivity (Wildman–Crippen MR) is 93.5 cm³/mol. The van der Waals surface area contributed by atoms with Crippen molar-refractivity contribution in [1.82, 2.24) is 19.9 Å². The van der Waals surface area contributed by atoms with Crippen LogP contribution in [0.5, 0.6) is 0 Å². The second kappa shape index (κ2) is 6.60. The minimum absolute atomic E-state index is 0.0234. The van der Waals surface area contributed by atoms with Gasteiger partial charge in [-0.05, 0) is 18.2 Å². The monoisotopic (exact) mass is 362 g/mol. The second-order valence-electron chi connectivity index (χ2n) is 5.64. The largest absolute Gasteiger partial charge is 0.368 e. The van der Waals surface area contributed by atoms with Crippen molar-refractivity contribution in [1.29, 1.82) is 0 Å². The van der Waals surface area contributed by atoms with Gasteiger partial charge in [-0.2, -0.15) is 0 Å². The highest BCUT2D eigenvalue weighted by Gasteiger charge is 2.24. The zero-order chi connectivity index (χ0) is 16.5. The Balaban J connectivity index is 1.55. The summed E-state index contributed by atoms with van der Waals surface area (Å²) in [6, 6.07) is 5.15. The average Bonchev–Trinajstić information content (AvgIpc) is 3.10. The number of aromatic amines is 1. The Morgan fingerprint density at radius 2 is 2.38 bits per heavy atom. The van der Waals surface area contributed by atoms with E-state index in [0.29, 0.717) is 34.9 Å². The lowest BCUT2D eigenvalue weighted by Crippen LogP contribution is -2.38. The zero-order valence-electron chi connectivity index (χ0n) is 12.7. The molecule has 1 N–H and O–H groups in total. The van der Waals surface area contributed by atoms with E-state index in [1.807, 2.05) is 5.38 Å². The Bertz CT molecular complexity index is 912. The molecular weight excluding hydrogens is 348 g/mol. The van der Waals surface area contributed by atoms with Crippen LogP contribution in [0.4, 0.5) is 0 Å². The molecule has 124 valence electrons. The summed E-state index contributed by atoms with van der Waals surface area (Å²) in [5.41, 5.74) is 0.491. The van der Waals surface area contributed by atoms with Gasteiger partial charge in [0.15, 0.2) is 0 Å².